The Hall–Kier alpha value is -3.44. The maximum Gasteiger partial charge on any atom is 0.347 e. The van der Waals surface area contributed by atoms with Crippen LogP contribution in [0.1, 0.15) is 17.5 Å². The average Bonchev–Trinajstić information content (AvgIpc) is 3.13. The van der Waals surface area contributed by atoms with Gasteiger partial charge in [0.05, 0.1) is 20.2 Å². The van der Waals surface area contributed by atoms with Crippen molar-refractivity contribution in [2.24, 2.45) is 7.05 Å². The Morgan fingerprint density at radius 2 is 1.50 bits per heavy atom. The molecule has 1 N–H and O–H groups in total. The number of hydrogen-bond donors (Lipinski definition) is 1. The van der Waals surface area contributed by atoms with Gasteiger partial charge in [-0.1, -0.05) is 72.8 Å². The Morgan fingerprint density at radius 3 is 2.13 bits per heavy atom. The molecule has 5 nitrogen and oxygen atoms in total. The molecule has 0 atom stereocenters. The number of carbonyl (C=O) groups is 1. The molecule has 1 heterocycles. The molecule has 0 amide bonds. The second kappa shape index (κ2) is 8.51. The fraction of sp³-hybridized carbons (Fsp3) is 0.200. The third kappa shape index (κ3) is 3.72. The number of para-hydroxylation sites is 2. The zero-order valence-corrected chi connectivity index (χ0v) is 16.9. The molecule has 0 aliphatic heterocycles. The number of carbonyl (C=O) groups excluding carboxylic acids is 1. The first kappa shape index (κ1) is 19.9. The fourth-order valence-electron chi connectivity index (χ4n) is 3.78. The van der Waals surface area contributed by atoms with Gasteiger partial charge in [0.15, 0.2) is 11.0 Å². The summed E-state index contributed by atoms with van der Waals surface area (Å²) in [6.45, 7) is 0.931. The van der Waals surface area contributed by atoms with Crippen LogP contribution in [0.15, 0.2) is 91.3 Å². The van der Waals surface area contributed by atoms with Gasteiger partial charge in [-0.2, -0.15) is 0 Å². The van der Waals surface area contributed by atoms with E-state index in [1.54, 1.807) is 48.5 Å². The third-order valence-electron chi connectivity index (χ3n) is 5.34. The van der Waals surface area contributed by atoms with E-state index in [-0.39, 0.29) is 6.61 Å². The van der Waals surface area contributed by atoms with E-state index < -0.39 is 11.6 Å². The van der Waals surface area contributed by atoms with Crippen LogP contribution in [-0.4, -0.2) is 22.2 Å². The SMILES string of the molecule is C[n+]1cn(CCCOC(=O)C(O)(c2ccccc2)c2ccccc2)c2ccccc21. The zero-order valence-electron chi connectivity index (χ0n) is 16.9. The smallest absolute Gasteiger partial charge is 0.347 e. The molecule has 5 heteroatoms. The molecule has 0 unspecified atom stereocenters. The Morgan fingerprint density at radius 1 is 0.933 bits per heavy atom. The Labute approximate surface area is 175 Å². The minimum atomic E-state index is -1.84. The first-order valence-electron chi connectivity index (χ1n) is 10.0. The predicted molar refractivity (Wildman–Crippen MR) is 115 cm³/mol. The lowest BCUT2D eigenvalue weighted by molar-refractivity contribution is -0.645. The van der Waals surface area contributed by atoms with E-state index in [1.807, 2.05) is 37.6 Å². The molecule has 0 saturated heterocycles. The molecule has 152 valence electrons. The van der Waals surface area contributed by atoms with Crippen LogP contribution in [0.4, 0.5) is 0 Å². The van der Waals surface area contributed by atoms with Crippen molar-refractivity contribution in [1.82, 2.24) is 4.57 Å². The van der Waals surface area contributed by atoms with E-state index in [2.05, 4.69) is 21.3 Å². The van der Waals surface area contributed by atoms with Crippen LogP contribution in [-0.2, 0) is 28.7 Å². The van der Waals surface area contributed by atoms with E-state index in [0.29, 0.717) is 24.1 Å². The van der Waals surface area contributed by atoms with Crippen LogP contribution >= 0.6 is 0 Å². The second-order valence-electron chi connectivity index (χ2n) is 7.34. The standard InChI is InChI=1S/C25H25N2O3/c1-26-19-27(23-16-9-8-15-22(23)26)17-10-18-30-24(28)25(29,20-11-4-2-5-12-20)21-13-6-3-7-14-21/h2-9,11-16,19,29H,10,17-18H2,1H3/q+1. The number of imidazole rings is 1. The maximum absolute atomic E-state index is 13.0. The summed E-state index contributed by atoms with van der Waals surface area (Å²) in [5.74, 6) is -0.664. The minimum absolute atomic E-state index is 0.219. The van der Waals surface area contributed by atoms with Crippen LogP contribution in [0.3, 0.4) is 0 Å². The van der Waals surface area contributed by atoms with Gasteiger partial charge in [0.1, 0.15) is 0 Å². The van der Waals surface area contributed by atoms with Gasteiger partial charge in [-0.3, -0.25) is 0 Å². The largest absolute Gasteiger partial charge is 0.463 e. The summed E-state index contributed by atoms with van der Waals surface area (Å²) in [6.07, 6.45) is 2.68. The number of rotatable bonds is 7. The third-order valence-corrected chi connectivity index (χ3v) is 5.34. The van der Waals surface area contributed by atoms with Crippen molar-refractivity contribution in [3.63, 3.8) is 0 Å². The Kier molecular flexibility index (Phi) is 5.63. The minimum Gasteiger partial charge on any atom is -0.463 e. The summed E-state index contributed by atoms with van der Waals surface area (Å²) in [5.41, 5.74) is 1.43. The van der Waals surface area contributed by atoms with Crippen molar-refractivity contribution in [3.05, 3.63) is 102 Å². The molecular weight excluding hydrogens is 376 g/mol. The molecule has 0 bridgehead atoms. The highest BCUT2D eigenvalue weighted by Crippen LogP contribution is 2.31. The van der Waals surface area contributed by atoms with Gasteiger partial charge in [0.2, 0.25) is 11.9 Å². The number of hydrogen-bond acceptors (Lipinski definition) is 3. The van der Waals surface area contributed by atoms with E-state index in [0.717, 1.165) is 11.0 Å². The number of esters is 1. The highest BCUT2D eigenvalue weighted by molar-refractivity contribution is 5.85. The van der Waals surface area contributed by atoms with Gasteiger partial charge in [-0.15, -0.1) is 0 Å². The topological polar surface area (TPSA) is 55.3 Å². The zero-order chi connectivity index (χ0) is 21.0. The number of aromatic nitrogens is 2. The van der Waals surface area contributed by atoms with Crippen molar-refractivity contribution >= 4 is 17.0 Å². The quantitative estimate of drug-likeness (QED) is 0.294. The van der Waals surface area contributed by atoms with E-state index >= 15 is 0 Å². The van der Waals surface area contributed by atoms with Gasteiger partial charge in [0, 0.05) is 6.42 Å². The lowest BCUT2D eigenvalue weighted by Gasteiger charge is -2.27. The molecule has 0 spiro atoms. The van der Waals surface area contributed by atoms with Gasteiger partial charge >= 0.3 is 5.97 Å². The van der Waals surface area contributed by atoms with Crippen molar-refractivity contribution in [3.8, 4) is 0 Å². The van der Waals surface area contributed by atoms with Gasteiger partial charge < -0.3 is 9.84 Å². The van der Waals surface area contributed by atoms with Crippen molar-refractivity contribution in [1.29, 1.82) is 0 Å². The number of fused-ring (bicyclic) bond motifs is 1. The first-order chi connectivity index (χ1) is 14.6. The van der Waals surface area contributed by atoms with Crippen LogP contribution < -0.4 is 4.57 Å². The average molecular weight is 401 g/mol. The molecule has 4 rings (SSSR count). The molecule has 3 aromatic carbocycles. The Bertz CT molecular complexity index is 1100. The number of nitrogens with zero attached hydrogens (tertiary/aromatic N) is 2. The summed E-state index contributed by atoms with van der Waals surface area (Å²) < 4.78 is 9.76. The van der Waals surface area contributed by atoms with Crippen LogP contribution in [0, 0.1) is 0 Å². The summed E-state index contributed by atoms with van der Waals surface area (Å²) in [6, 6.07) is 26.0. The molecule has 0 radical (unpaired) electrons. The normalized spacial score (nSPS) is 11.5. The Balaban J connectivity index is 1.47. The number of benzene rings is 3. The van der Waals surface area contributed by atoms with Crippen molar-refractivity contribution in [2.75, 3.05) is 6.61 Å². The number of aliphatic hydroxyl groups is 1. The van der Waals surface area contributed by atoms with Crippen LogP contribution in [0.25, 0.3) is 11.0 Å². The lowest BCUT2D eigenvalue weighted by atomic mass is 9.86. The highest BCUT2D eigenvalue weighted by atomic mass is 16.5. The first-order valence-corrected chi connectivity index (χ1v) is 10.0. The highest BCUT2D eigenvalue weighted by Gasteiger charge is 2.41. The monoisotopic (exact) mass is 401 g/mol. The van der Waals surface area contributed by atoms with Crippen LogP contribution in [0.2, 0.25) is 0 Å². The molecule has 30 heavy (non-hydrogen) atoms. The van der Waals surface area contributed by atoms with Crippen LogP contribution in [0.5, 0.6) is 0 Å². The fourth-order valence-corrected chi connectivity index (χ4v) is 3.78. The predicted octanol–water partition coefficient (Wildman–Crippen LogP) is 3.34. The number of aryl methyl sites for hydroxylation is 2. The van der Waals surface area contributed by atoms with Crippen molar-refractivity contribution in [2.45, 2.75) is 18.6 Å². The molecule has 1 aromatic heterocycles. The summed E-state index contributed by atoms with van der Waals surface area (Å²) >= 11 is 0. The summed E-state index contributed by atoms with van der Waals surface area (Å²) in [7, 11) is 2.01. The van der Waals surface area contributed by atoms with E-state index in [4.69, 9.17) is 4.74 Å². The molecular formula is C25H25N2O3+. The number of ether oxygens (including phenoxy) is 1. The molecule has 0 fully saturated rings. The lowest BCUT2D eigenvalue weighted by Crippen LogP contribution is -2.38. The summed E-state index contributed by atoms with van der Waals surface area (Å²) in [4.78, 5) is 13.0. The molecule has 4 aromatic rings. The van der Waals surface area contributed by atoms with Gasteiger partial charge in [-0.25, -0.2) is 13.9 Å². The second-order valence-corrected chi connectivity index (χ2v) is 7.34. The maximum atomic E-state index is 13.0. The summed E-state index contributed by atoms with van der Waals surface area (Å²) in [5, 5.41) is 11.4. The van der Waals surface area contributed by atoms with E-state index in [1.165, 1.54) is 0 Å². The molecule has 0 aliphatic rings. The van der Waals surface area contributed by atoms with E-state index in [9.17, 15) is 9.90 Å². The van der Waals surface area contributed by atoms with Gasteiger partial charge in [-0.05, 0) is 23.3 Å². The van der Waals surface area contributed by atoms with Crippen molar-refractivity contribution < 1.29 is 19.2 Å². The molecule has 0 aliphatic carbocycles. The van der Waals surface area contributed by atoms with Gasteiger partial charge in [0.25, 0.3) is 0 Å². The molecule has 0 saturated carbocycles.